The molecule has 0 spiro atoms. The van der Waals surface area contributed by atoms with E-state index in [9.17, 15) is 28.8 Å². The molecular formula is C26H50N8O6. The number of aldehydes is 1. The standard InChI is InChI=1S/C26H50N8O6/c1-4-16(2)22(26(40)32-18(15-35)9-5-7-13-27)34-25(39)20(11-12-21(30)36)33-23(37)17(3)31-24(38)19(29)10-6-8-14-28/h15-20,22H,4-14,27-29H2,1-3H3,(H2,30,36)(H,31,38)(H,32,40)(H,33,37)(H,34,39)/t16?,17-,18-,19?,20-,22-/m0/s1. The first-order chi connectivity index (χ1) is 18.9. The molecule has 0 radical (unpaired) electrons. The lowest BCUT2D eigenvalue weighted by molar-refractivity contribution is -0.135. The van der Waals surface area contributed by atoms with Gasteiger partial charge in [0.25, 0.3) is 0 Å². The molecule has 0 aliphatic carbocycles. The Morgan fingerprint density at radius 3 is 1.88 bits per heavy atom. The Labute approximate surface area is 236 Å². The fourth-order valence-electron chi connectivity index (χ4n) is 3.79. The summed E-state index contributed by atoms with van der Waals surface area (Å²) >= 11 is 0. The normalized spacial score (nSPS) is 15.4. The van der Waals surface area contributed by atoms with Crippen molar-refractivity contribution in [3.8, 4) is 0 Å². The van der Waals surface area contributed by atoms with E-state index in [1.165, 1.54) is 6.92 Å². The molecule has 14 nitrogen and oxygen atoms in total. The highest BCUT2D eigenvalue weighted by atomic mass is 16.2. The number of primary amides is 1. The third-order valence-corrected chi connectivity index (χ3v) is 6.62. The van der Waals surface area contributed by atoms with Crippen LogP contribution >= 0.6 is 0 Å². The highest BCUT2D eigenvalue weighted by Gasteiger charge is 2.32. The van der Waals surface area contributed by atoms with Crippen LogP contribution in [0.2, 0.25) is 0 Å². The van der Waals surface area contributed by atoms with E-state index in [1.807, 2.05) is 6.92 Å². The maximum atomic E-state index is 13.2. The molecule has 12 N–H and O–H groups in total. The number of rotatable bonds is 22. The Morgan fingerprint density at radius 2 is 1.35 bits per heavy atom. The Kier molecular flexibility index (Phi) is 19.1. The number of unbranched alkanes of at least 4 members (excludes halogenated alkanes) is 2. The molecule has 0 aromatic rings. The van der Waals surface area contributed by atoms with Crippen molar-refractivity contribution in [2.45, 2.75) is 109 Å². The molecule has 40 heavy (non-hydrogen) atoms. The summed E-state index contributed by atoms with van der Waals surface area (Å²) in [6, 6.07) is -4.82. The van der Waals surface area contributed by atoms with Crippen molar-refractivity contribution in [1.29, 1.82) is 0 Å². The minimum Gasteiger partial charge on any atom is -0.370 e. The number of nitrogens with one attached hydrogen (secondary N) is 4. The van der Waals surface area contributed by atoms with Gasteiger partial charge < -0.3 is 49.0 Å². The zero-order valence-corrected chi connectivity index (χ0v) is 24.1. The van der Waals surface area contributed by atoms with E-state index in [1.54, 1.807) is 6.92 Å². The van der Waals surface area contributed by atoms with E-state index in [2.05, 4.69) is 21.3 Å². The molecule has 14 heteroatoms. The lowest BCUT2D eigenvalue weighted by Gasteiger charge is -2.28. The predicted octanol–water partition coefficient (Wildman–Crippen LogP) is -1.96. The van der Waals surface area contributed by atoms with Crippen LogP contribution in [0.25, 0.3) is 0 Å². The number of hydrogen-bond donors (Lipinski definition) is 8. The van der Waals surface area contributed by atoms with Gasteiger partial charge in [0.15, 0.2) is 0 Å². The van der Waals surface area contributed by atoms with Crippen molar-refractivity contribution in [1.82, 2.24) is 21.3 Å². The summed E-state index contributed by atoms with van der Waals surface area (Å²) in [7, 11) is 0. The molecule has 2 unspecified atom stereocenters. The van der Waals surface area contributed by atoms with Gasteiger partial charge in [-0.3, -0.25) is 24.0 Å². The van der Waals surface area contributed by atoms with E-state index < -0.39 is 59.7 Å². The van der Waals surface area contributed by atoms with Crippen LogP contribution in [0.15, 0.2) is 0 Å². The molecule has 0 saturated carbocycles. The van der Waals surface area contributed by atoms with Gasteiger partial charge in [0.1, 0.15) is 24.4 Å². The van der Waals surface area contributed by atoms with Crippen LogP contribution in [0.5, 0.6) is 0 Å². The molecule has 6 atom stereocenters. The first-order valence-corrected chi connectivity index (χ1v) is 14.0. The van der Waals surface area contributed by atoms with Crippen LogP contribution in [-0.2, 0) is 28.8 Å². The van der Waals surface area contributed by atoms with Crippen LogP contribution in [0.3, 0.4) is 0 Å². The van der Waals surface area contributed by atoms with E-state index in [-0.39, 0.29) is 18.8 Å². The lowest BCUT2D eigenvalue weighted by atomic mass is 9.96. The third kappa shape index (κ3) is 14.9. The number of carbonyl (C=O) groups excluding carboxylic acids is 6. The molecule has 0 aliphatic heterocycles. The molecule has 0 heterocycles. The molecule has 230 valence electrons. The van der Waals surface area contributed by atoms with Crippen molar-refractivity contribution in [2.24, 2.45) is 28.9 Å². The van der Waals surface area contributed by atoms with Crippen LogP contribution in [0.1, 0.15) is 78.6 Å². The van der Waals surface area contributed by atoms with Gasteiger partial charge in [-0.05, 0) is 64.5 Å². The van der Waals surface area contributed by atoms with Gasteiger partial charge in [0.05, 0.1) is 12.1 Å². The second kappa shape index (κ2) is 20.8. The average molecular weight is 571 g/mol. The van der Waals surface area contributed by atoms with E-state index in [4.69, 9.17) is 22.9 Å². The fourth-order valence-corrected chi connectivity index (χ4v) is 3.79. The lowest BCUT2D eigenvalue weighted by Crippen LogP contribution is -2.59. The minimum atomic E-state index is -1.22. The summed E-state index contributed by atoms with van der Waals surface area (Å²) in [4.78, 5) is 74.4. The smallest absolute Gasteiger partial charge is 0.243 e. The van der Waals surface area contributed by atoms with Crippen LogP contribution in [-0.4, -0.2) is 79.1 Å². The summed E-state index contributed by atoms with van der Waals surface area (Å²) in [5.41, 5.74) is 22.1. The largest absolute Gasteiger partial charge is 0.370 e. The van der Waals surface area contributed by atoms with Crippen molar-refractivity contribution >= 4 is 35.8 Å². The number of amides is 5. The highest BCUT2D eigenvalue weighted by molar-refractivity contribution is 5.95. The van der Waals surface area contributed by atoms with Gasteiger partial charge in [-0.15, -0.1) is 0 Å². The number of carbonyl (C=O) groups is 6. The topological polar surface area (TPSA) is 255 Å². The van der Waals surface area contributed by atoms with E-state index in [0.717, 1.165) is 0 Å². The minimum absolute atomic E-state index is 0.128. The monoisotopic (exact) mass is 570 g/mol. The second-order valence-corrected chi connectivity index (χ2v) is 10.1. The van der Waals surface area contributed by atoms with Crippen LogP contribution < -0.4 is 44.2 Å². The van der Waals surface area contributed by atoms with E-state index in [0.29, 0.717) is 64.3 Å². The summed E-state index contributed by atoms with van der Waals surface area (Å²) in [5, 5.41) is 10.3. The molecule has 5 amide bonds. The van der Waals surface area contributed by atoms with Gasteiger partial charge in [-0.1, -0.05) is 26.7 Å². The van der Waals surface area contributed by atoms with Gasteiger partial charge in [-0.25, -0.2) is 0 Å². The Bertz CT molecular complexity index is 827. The SMILES string of the molecule is CCC(C)[C@H](NC(=O)[C@H](CCC(N)=O)NC(=O)[C@H](C)NC(=O)C(N)CCCCN)C(=O)N[C@H](C=O)CCCCN. The third-order valence-electron chi connectivity index (χ3n) is 6.62. The van der Waals surface area contributed by atoms with Crippen molar-refractivity contribution < 1.29 is 28.8 Å². The number of hydrogen-bond acceptors (Lipinski definition) is 9. The average Bonchev–Trinajstić information content (AvgIpc) is 2.92. The van der Waals surface area contributed by atoms with Crippen molar-refractivity contribution in [2.75, 3.05) is 13.1 Å². The van der Waals surface area contributed by atoms with Gasteiger partial charge in [-0.2, -0.15) is 0 Å². The molecule has 0 bridgehead atoms. The summed E-state index contributed by atoms with van der Waals surface area (Å²) in [6.07, 6.45) is 4.37. The molecule has 0 aromatic carbocycles. The van der Waals surface area contributed by atoms with Gasteiger partial charge >= 0.3 is 0 Å². The van der Waals surface area contributed by atoms with Crippen LogP contribution in [0, 0.1) is 5.92 Å². The van der Waals surface area contributed by atoms with Gasteiger partial charge in [0, 0.05) is 6.42 Å². The first kappa shape index (κ1) is 36.9. The maximum Gasteiger partial charge on any atom is 0.243 e. The highest BCUT2D eigenvalue weighted by Crippen LogP contribution is 2.11. The molecular weight excluding hydrogens is 520 g/mol. The molecule has 0 saturated heterocycles. The zero-order chi connectivity index (χ0) is 30.7. The summed E-state index contributed by atoms with van der Waals surface area (Å²) in [5.74, 6) is -3.46. The van der Waals surface area contributed by atoms with Crippen molar-refractivity contribution in [3.05, 3.63) is 0 Å². The summed E-state index contributed by atoms with van der Waals surface area (Å²) < 4.78 is 0. The maximum absolute atomic E-state index is 13.2. The molecule has 0 rings (SSSR count). The molecule has 0 fully saturated rings. The predicted molar refractivity (Wildman–Crippen MR) is 151 cm³/mol. The zero-order valence-electron chi connectivity index (χ0n) is 24.1. The molecule has 0 aliphatic rings. The van der Waals surface area contributed by atoms with E-state index >= 15 is 0 Å². The Balaban J connectivity index is 5.48. The van der Waals surface area contributed by atoms with Gasteiger partial charge in [0.2, 0.25) is 29.5 Å². The second-order valence-electron chi connectivity index (χ2n) is 10.1. The summed E-state index contributed by atoms with van der Waals surface area (Å²) in [6.45, 7) is 5.98. The first-order valence-electron chi connectivity index (χ1n) is 14.0. The van der Waals surface area contributed by atoms with Crippen LogP contribution in [0.4, 0.5) is 0 Å². The number of nitrogens with two attached hydrogens (primary N) is 4. The quantitative estimate of drug-likeness (QED) is 0.0530. The fraction of sp³-hybridized carbons (Fsp3) is 0.769. The van der Waals surface area contributed by atoms with Crippen molar-refractivity contribution in [3.63, 3.8) is 0 Å². The Hall–Kier alpha value is -3.10. The molecule has 0 aromatic heterocycles. The Morgan fingerprint density at radius 1 is 0.750 bits per heavy atom.